The maximum absolute atomic E-state index is 13.1. The van der Waals surface area contributed by atoms with Crippen molar-refractivity contribution in [3.05, 3.63) is 91.2 Å². The number of ether oxygens (including phenoxy) is 2. The van der Waals surface area contributed by atoms with Crippen LogP contribution < -0.4 is 14.4 Å². The molecule has 1 heterocycles. The summed E-state index contributed by atoms with van der Waals surface area (Å²) in [4.78, 5) is 15.0. The lowest BCUT2D eigenvalue weighted by Crippen LogP contribution is -2.27. The van der Waals surface area contributed by atoms with Gasteiger partial charge in [-0.3, -0.25) is 9.69 Å². The van der Waals surface area contributed by atoms with Gasteiger partial charge in [0.25, 0.3) is 5.91 Å². The quantitative estimate of drug-likeness (QED) is 0.220. The third-order valence-corrected chi connectivity index (χ3v) is 7.37. The maximum Gasteiger partial charge on any atom is 0.270 e. The summed E-state index contributed by atoms with van der Waals surface area (Å²) in [6, 6.07) is 18.3. The molecule has 9 heteroatoms. The molecule has 0 aromatic heterocycles. The van der Waals surface area contributed by atoms with Gasteiger partial charge in [-0.2, -0.15) is 0 Å². The highest BCUT2D eigenvalue weighted by molar-refractivity contribution is 9.10. The number of anilines is 1. The Morgan fingerprint density at radius 3 is 2.52 bits per heavy atom. The lowest BCUT2D eigenvalue weighted by molar-refractivity contribution is -0.113. The van der Waals surface area contributed by atoms with Crippen molar-refractivity contribution in [3.8, 4) is 11.5 Å². The molecule has 33 heavy (non-hydrogen) atoms. The zero-order valence-corrected chi connectivity index (χ0v) is 21.9. The summed E-state index contributed by atoms with van der Waals surface area (Å²) in [5.74, 6) is 0.997. The smallest absolute Gasteiger partial charge is 0.270 e. The molecule has 4 nitrogen and oxygen atoms in total. The fraction of sp³-hybridized carbons (Fsp3) is 0.0833. The van der Waals surface area contributed by atoms with Gasteiger partial charge in [0.2, 0.25) is 0 Å². The summed E-state index contributed by atoms with van der Waals surface area (Å²) >= 11 is 22.6. The van der Waals surface area contributed by atoms with Crippen molar-refractivity contribution in [2.45, 2.75) is 6.61 Å². The fourth-order valence-electron chi connectivity index (χ4n) is 3.13. The minimum absolute atomic E-state index is 0.207. The molecule has 0 N–H and O–H groups in total. The molecule has 0 spiro atoms. The summed E-state index contributed by atoms with van der Waals surface area (Å²) < 4.78 is 12.3. The number of rotatable bonds is 6. The molecule has 1 fully saturated rings. The molecular weight excluding hydrogens is 565 g/mol. The van der Waals surface area contributed by atoms with Crippen molar-refractivity contribution in [1.82, 2.24) is 0 Å². The molecule has 1 aliphatic rings. The Kier molecular flexibility index (Phi) is 7.66. The third-order valence-electron chi connectivity index (χ3n) is 4.78. The SMILES string of the molecule is COc1ccc(N2C(=O)/C(=C\c3ccc(OCc4ccccc4Cl)c(Br)c3)SC2=S)cc1Cl. The Labute approximate surface area is 219 Å². The van der Waals surface area contributed by atoms with Crippen LogP contribution in [0.2, 0.25) is 10.0 Å². The van der Waals surface area contributed by atoms with Crippen LogP contribution in [0.15, 0.2) is 70.0 Å². The largest absolute Gasteiger partial charge is 0.495 e. The van der Waals surface area contributed by atoms with Crippen LogP contribution >= 0.6 is 63.1 Å². The van der Waals surface area contributed by atoms with Gasteiger partial charge in [-0.15, -0.1) is 0 Å². The van der Waals surface area contributed by atoms with Crippen molar-refractivity contribution in [1.29, 1.82) is 0 Å². The van der Waals surface area contributed by atoms with E-state index >= 15 is 0 Å². The van der Waals surface area contributed by atoms with Gasteiger partial charge in [0, 0.05) is 10.6 Å². The molecule has 0 radical (unpaired) electrons. The Morgan fingerprint density at radius 1 is 1.06 bits per heavy atom. The molecule has 3 aromatic rings. The molecule has 1 aliphatic heterocycles. The standard InChI is InChI=1S/C24H16BrCl2NO3S2/c1-30-21-9-7-16(12-19(21)27)28-23(29)22(33-24(28)32)11-14-6-8-20(17(25)10-14)31-13-15-4-2-3-5-18(15)26/h2-12H,13H2,1H3/b22-11+. The van der Waals surface area contributed by atoms with Crippen molar-refractivity contribution in [2.24, 2.45) is 0 Å². The van der Waals surface area contributed by atoms with Gasteiger partial charge in [0.05, 0.1) is 27.2 Å². The first-order valence-corrected chi connectivity index (χ1v) is 12.4. The number of thioether (sulfide) groups is 1. The van der Waals surface area contributed by atoms with Crippen molar-refractivity contribution >= 4 is 85.1 Å². The predicted molar refractivity (Wildman–Crippen MR) is 144 cm³/mol. The molecule has 3 aromatic carbocycles. The number of amides is 1. The van der Waals surface area contributed by atoms with Gasteiger partial charge in [-0.25, -0.2) is 0 Å². The lowest BCUT2D eigenvalue weighted by atomic mass is 10.2. The van der Waals surface area contributed by atoms with E-state index in [0.29, 0.717) is 43.1 Å². The molecular formula is C24H16BrCl2NO3S2. The van der Waals surface area contributed by atoms with Gasteiger partial charge in [-0.05, 0) is 64.0 Å². The molecule has 4 rings (SSSR count). The molecule has 168 valence electrons. The number of hydrogen-bond acceptors (Lipinski definition) is 5. The van der Waals surface area contributed by atoms with Crippen molar-refractivity contribution < 1.29 is 14.3 Å². The number of nitrogens with zero attached hydrogens (tertiary/aromatic N) is 1. The van der Waals surface area contributed by atoms with Crippen LogP contribution in [0.25, 0.3) is 6.08 Å². The van der Waals surface area contributed by atoms with Crippen molar-refractivity contribution in [3.63, 3.8) is 0 Å². The summed E-state index contributed by atoms with van der Waals surface area (Å²) in [6.07, 6.45) is 1.80. The highest BCUT2D eigenvalue weighted by Gasteiger charge is 2.33. The number of hydrogen-bond donors (Lipinski definition) is 0. The summed E-state index contributed by atoms with van der Waals surface area (Å²) in [6.45, 7) is 0.348. The summed E-state index contributed by atoms with van der Waals surface area (Å²) in [7, 11) is 1.54. The average molecular weight is 581 g/mol. The van der Waals surface area contributed by atoms with Crippen LogP contribution in [0.3, 0.4) is 0 Å². The normalized spacial score (nSPS) is 14.8. The van der Waals surface area contributed by atoms with E-state index in [9.17, 15) is 4.79 Å². The number of halogens is 3. The fourth-order valence-corrected chi connectivity index (χ4v) is 5.38. The Bertz CT molecular complexity index is 1280. The van der Waals surface area contributed by atoms with E-state index in [0.717, 1.165) is 15.6 Å². The van der Waals surface area contributed by atoms with Crippen LogP contribution in [-0.4, -0.2) is 17.3 Å². The first-order valence-electron chi connectivity index (χ1n) is 9.64. The highest BCUT2D eigenvalue weighted by Crippen LogP contribution is 2.39. The number of carbonyl (C=O) groups is 1. The molecule has 0 atom stereocenters. The predicted octanol–water partition coefficient (Wildman–Crippen LogP) is 7.75. The van der Waals surface area contributed by atoms with Crippen molar-refractivity contribution in [2.75, 3.05) is 12.0 Å². The topological polar surface area (TPSA) is 38.8 Å². The highest BCUT2D eigenvalue weighted by atomic mass is 79.9. The number of methoxy groups -OCH3 is 1. The molecule has 0 unspecified atom stereocenters. The first kappa shape index (κ1) is 24.1. The molecule has 0 saturated carbocycles. The van der Waals surface area contributed by atoms with Gasteiger partial charge in [0.15, 0.2) is 4.32 Å². The molecule has 1 saturated heterocycles. The number of thiocarbonyl (C=S) groups is 1. The monoisotopic (exact) mass is 579 g/mol. The third kappa shape index (κ3) is 5.39. The molecule has 1 amide bonds. The average Bonchev–Trinajstić information content (AvgIpc) is 3.07. The van der Waals surface area contributed by atoms with Crippen LogP contribution in [0, 0.1) is 0 Å². The summed E-state index contributed by atoms with van der Waals surface area (Å²) in [5.41, 5.74) is 2.33. The van der Waals surface area contributed by atoms with E-state index in [1.54, 1.807) is 24.3 Å². The van der Waals surface area contributed by atoms with Gasteiger partial charge < -0.3 is 9.47 Å². The Hall–Kier alpha value is -2.03. The second kappa shape index (κ2) is 10.5. The summed E-state index contributed by atoms with van der Waals surface area (Å²) in [5, 5.41) is 1.06. The first-order chi connectivity index (χ1) is 15.9. The van der Waals surface area contributed by atoms with E-state index in [1.165, 1.54) is 23.8 Å². The van der Waals surface area contributed by atoms with E-state index < -0.39 is 0 Å². The van der Waals surface area contributed by atoms with E-state index in [2.05, 4.69) is 15.9 Å². The van der Waals surface area contributed by atoms with Crippen LogP contribution in [-0.2, 0) is 11.4 Å². The Morgan fingerprint density at radius 2 is 1.82 bits per heavy atom. The second-order valence-electron chi connectivity index (χ2n) is 6.91. The lowest BCUT2D eigenvalue weighted by Gasteiger charge is -2.15. The Balaban J connectivity index is 1.51. The van der Waals surface area contributed by atoms with Gasteiger partial charge in [-0.1, -0.05) is 71.4 Å². The number of benzene rings is 3. The minimum Gasteiger partial charge on any atom is -0.495 e. The van der Waals surface area contributed by atoms with E-state index in [1.807, 2.05) is 42.5 Å². The van der Waals surface area contributed by atoms with Gasteiger partial charge in [0.1, 0.15) is 18.1 Å². The van der Waals surface area contributed by atoms with Crippen LogP contribution in [0.1, 0.15) is 11.1 Å². The van der Waals surface area contributed by atoms with E-state index in [-0.39, 0.29) is 5.91 Å². The minimum atomic E-state index is -0.207. The zero-order chi connectivity index (χ0) is 23.5. The maximum atomic E-state index is 13.1. The van der Waals surface area contributed by atoms with Crippen LogP contribution in [0.4, 0.5) is 5.69 Å². The number of carbonyl (C=O) groups excluding carboxylic acids is 1. The van der Waals surface area contributed by atoms with Crippen LogP contribution in [0.5, 0.6) is 11.5 Å². The van der Waals surface area contributed by atoms with Gasteiger partial charge >= 0.3 is 0 Å². The molecule has 0 aliphatic carbocycles. The second-order valence-corrected chi connectivity index (χ2v) is 10.3. The molecule has 0 bridgehead atoms. The zero-order valence-electron chi connectivity index (χ0n) is 17.2. The van der Waals surface area contributed by atoms with E-state index in [4.69, 9.17) is 44.9 Å².